The van der Waals surface area contributed by atoms with Gasteiger partial charge in [-0.15, -0.1) is 0 Å². The first-order valence-electron chi connectivity index (χ1n) is 14.7. The number of aromatic nitrogens is 1. The first-order valence-corrected chi connectivity index (χ1v) is 14.7. The van der Waals surface area contributed by atoms with Crippen LogP contribution in [0.15, 0.2) is 108 Å². The minimum Gasteiger partial charge on any atom is -0.497 e. The Hall–Kier alpha value is -4.99. The van der Waals surface area contributed by atoms with Gasteiger partial charge < -0.3 is 24.4 Å². The molecule has 1 unspecified atom stereocenters. The summed E-state index contributed by atoms with van der Waals surface area (Å²) in [7, 11) is 1.62. The van der Waals surface area contributed by atoms with E-state index in [4.69, 9.17) is 9.26 Å². The van der Waals surface area contributed by atoms with Crippen molar-refractivity contribution in [2.75, 3.05) is 26.7 Å². The third-order valence-electron chi connectivity index (χ3n) is 7.87. The molecule has 1 saturated heterocycles. The van der Waals surface area contributed by atoms with Crippen molar-refractivity contribution in [3.05, 3.63) is 120 Å². The number of rotatable bonds is 11. The fraction of sp³-hybridized carbons (Fsp3) is 0.229. The normalized spacial score (nSPS) is 15.1. The Bertz CT molecular complexity index is 1730. The van der Waals surface area contributed by atoms with Crippen molar-refractivity contribution in [3.63, 3.8) is 0 Å². The fourth-order valence-electron chi connectivity index (χ4n) is 5.53. The Morgan fingerprint density at radius 1 is 0.955 bits per heavy atom. The third-order valence-corrected chi connectivity index (χ3v) is 7.87. The van der Waals surface area contributed by atoms with Gasteiger partial charge in [-0.25, -0.2) is 0 Å². The van der Waals surface area contributed by atoms with Crippen LogP contribution in [-0.4, -0.2) is 59.7 Å². The number of carbonyl (C=O) groups is 2. The Morgan fingerprint density at radius 2 is 1.75 bits per heavy atom. The molecule has 224 valence electrons. The average molecular weight is 590 g/mol. The highest BCUT2D eigenvalue weighted by Gasteiger charge is 2.34. The van der Waals surface area contributed by atoms with Gasteiger partial charge in [-0.05, 0) is 34.0 Å². The van der Waals surface area contributed by atoms with Crippen molar-refractivity contribution < 1.29 is 18.8 Å². The van der Waals surface area contributed by atoms with Crippen LogP contribution in [0.3, 0.4) is 0 Å². The number of amides is 2. The predicted octanol–water partition coefficient (Wildman–Crippen LogP) is 4.58. The molecule has 0 spiro atoms. The van der Waals surface area contributed by atoms with Gasteiger partial charge in [0.2, 0.25) is 11.8 Å². The molecule has 1 fully saturated rings. The molecule has 0 saturated carbocycles. The van der Waals surface area contributed by atoms with Gasteiger partial charge in [0.1, 0.15) is 24.2 Å². The van der Waals surface area contributed by atoms with Crippen LogP contribution in [0.2, 0.25) is 0 Å². The van der Waals surface area contributed by atoms with Crippen LogP contribution in [0.4, 0.5) is 0 Å². The lowest BCUT2D eigenvalue weighted by molar-refractivity contribution is -0.150. The number of hydrogen-bond donors (Lipinski definition) is 2. The van der Waals surface area contributed by atoms with Gasteiger partial charge >= 0.3 is 0 Å². The molecule has 1 aromatic heterocycles. The highest BCUT2D eigenvalue weighted by molar-refractivity contribution is 5.89. The lowest BCUT2D eigenvalue weighted by Gasteiger charge is -2.41. The number of hydrogen-bond acceptors (Lipinski definition) is 7. The van der Waals surface area contributed by atoms with Gasteiger partial charge in [0.15, 0.2) is 5.76 Å². The summed E-state index contributed by atoms with van der Waals surface area (Å²) in [6.07, 6.45) is -0.345. The summed E-state index contributed by atoms with van der Waals surface area (Å²) in [4.78, 5) is 30.4. The molecular weight excluding hydrogens is 554 g/mol. The van der Waals surface area contributed by atoms with Gasteiger partial charge in [-0.3, -0.25) is 14.9 Å². The van der Waals surface area contributed by atoms with E-state index in [1.807, 2.05) is 83.8 Å². The number of nitrogens with zero attached hydrogens (tertiary/aromatic N) is 3. The molecule has 2 heterocycles. The molecule has 1 aliphatic rings. The largest absolute Gasteiger partial charge is 0.497 e. The summed E-state index contributed by atoms with van der Waals surface area (Å²) in [5.41, 5.74) is 3.75. The summed E-state index contributed by atoms with van der Waals surface area (Å²) >= 11 is 0. The van der Waals surface area contributed by atoms with Gasteiger partial charge in [-0.2, -0.15) is 0 Å². The fourth-order valence-corrected chi connectivity index (χ4v) is 5.53. The van der Waals surface area contributed by atoms with Gasteiger partial charge in [-0.1, -0.05) is 90.1 Å². The molecule has 1 atom stereocenters. The van der Waals surface area contributed by atoms with Crippen LogP contribution in [0.25, 0.3) is 22.0 Å². The molecule has 0 radical (unpaired) electrons. The molecule has 9 nitrogen and oxygen atoms in total. The van der Waals surface area contributed by atoms with Crippen LogP contribution in [0.1, 0.15) is 16.9 Å². The summed E-state index contributed by atoms with van der Waals surface area (Å²) in [5, 5.41) is 13.1. The number of benzene rings is 4. The van der Waals surface area contributed by atoms with Crippen LogP contribution in [0, 0.1) is 0 Å². The van der Waals surface area contributed by atoms with Crippen molar-refractivity contribution >= 4 is 22.6 Å². The second-order valence-corrected chi connectivity index (χ2v) is 10.8. The number of nitrogens with one attached hydrogen (secondary N) is 2. The van der Waals surface area contributed by atoms with E-state index in [0.29, 0.717) is 37.6 Å². The van der Waals surface area contributed by atoms with Crippen molar-refractivity contribution in [1.82, 2.24) is 25.6 Å². The van der Waals surface area contributed by atoms with Crippen molar-refractivity contribution in [1.29, 1.82) is 0 Å². The van der Waals surface area contributed by atoms with Crippen molar-refractivity contribution in [3.8, 4) is 17.0 Å². The standard InChI is InChI=1S/C35H35N5O4/c1-43-29-15-8-13-27(17-29)32-18-30(44-38-32)20-36-21-34(41)40-24-35(42)39(23-33(40)37-19-25-9-3-2-4-10-25)22-28-14-7-12-26-11-5-6-16-31(26)28/h2-18,33,36-37H,19-24H2,1H3. The first-order chi connectivity index (χ1) is 21.6. The molecule has 2 amide bonds. The molecule has 2 N–H and O–H groups in total. The number of ether oxygens (including phenoxy) is 1. The molecule has 9 heteroatoms. The van der Waals surface area contributed by atoms with Crippen molar-refractivity contribution in [2.45, 2.75) is 25.8 Å². The van der Waals surface area contributed by atoms with E-state index in [1.54, 1.807) is 12.0 Å². The van der Waals surface area contributed by atoms with E-state index in [1.165, 1.54) is 0 Å². The maximum absolute atomic E-state index is 13.5. The zero-order valence-electron chi connectivity index (χ0n) is 24.6. The molecule has 1 aliphatic heterocycles. The molecule has 0 aliphatic carbocycles. The monoisotopic (exact) mass is 589 g/mol. The van der Waals surface area contributed by atoms with Gasteiger partial charge in [0, 0.05) is 24.7 Å². The highest BCUT2D eigenvalue weighted by Crippen LogP contribution is 2.24. The van der Waals surface area contributed by atoms with Crippen LogP contribution in [-0.2, 0) is 29.2 Å². The number of piperazine rings is 1. The molecule has 4 aromatic carbocycles. The number of fused-ring (bicyclic) bond motifs is 1. The van der Waals surface area contributed by atoms with E-state index >= 15 is 0 Å². The van der Waals surface area contributed by atoms with Crippen molar-refractivity contribution in [2.24, 2.45) is 0 Å². The minimum atomic E-state index is -0.345. The second-order valence-electron chi connectivity index (χ2n) is 10.8. The Morgan fingerprint density at radius 3 is 2.61 bits per heavy atom. The van der Waals surface area contributed by atoms with E-state index < -0.39 is 0 Å². The van der Waals surface area contributed by atoms with Gasteiger partial charge in [0.05, 0.1) is 26.7 Å². The average Bonchev–Trinajstić information content (AvgIpc) is 3.54. The summed E-state index contributed by atoms with van der Waals surface area (Å²) in [6, 6.07) is 33.8. The van der Waals surface area contributed by atoms with Crippen LogP contribution < -0.4 is 15.4 Å². The van der Waals surface area contributed by atoms with Gasteiger partial charge in [0.25, 0.3) is 0 Å². The summed E-state index contributed by atoms with van der Waals surface area (Å²) in [5.74, 6) is 1.09. The number of carbonyl (C=O) groups excluding carboxylic acids is 2. The summed E-state index contributed by atoms with van der Waals surface area (Å²) in [6.45, 7) is 1.80. The topological polar surface area (TPSA) is 99.9 Å². The van der Waals surface area contributed by atoms with E-state index in [9.17, 15) is 9.59 Å². The first kappa shape index (κ1) is 29.1. The van der Waals surface area contributed by atoms with E-state index in [-0.39, 0.29) is 31.1 Å². The predicted molar refractivity (Wildman–Crippen MR) is 168 cm³/mol. The molecule has 0 bridgehead atoms. The maximum atomic E-state index is 13.5. The lowest BCUT2D eigenvalue weighted by atomic mass is 10.0. The smallest absolute Gasteiger partial charge is 0.242 e. The molecule has 6 rings (SSSR count). The van der Waals surface area contributed by atoms with Crippen LogP contribution >= 0.6 is 0 Å². The second kappa shape index (κ2) is 13.5. The van der Waals surface area contributed by atoms with Crippen LogP contribution in [0.5, 0.6) is 5.75 Å². The molecule has 44 heavy (non-hydrogen) atoms. The minimum absolute atomic E-state index is 0.0000313. The molecule has 5 aromatic rings. The SMILES string of the molecule is COc1cccc(-c2cc(CNCC(=O)N3CC(=O)N(Cc4cccc5ccccc45)CC3NCc3ccccc3)on2)c1. The maximum Gasteiger partial charge on any atom is 0.242 e. The lowest BCUT2D eigenvalue weighted by Crippen LogP contribution is -2.63. The third kappa shape index (κ3) is 6.80. The quantitative estimate of drug-likeness (QED) is 0.233. The summed E-state index contributed by atoms with van der Waals surface area (Å²) < 4.78 is 10.8. The molecular formula is C35H35N5O4. The zero-order chi connectivity index (χ0) is 30.3. The zero-order valence-corrected chi connectivity index (χ0v) is 24.6. The highest BCUT2D eigenvalue weighted by atomic mass is 16.5. The number of methoxy groups -OCH3 is 1. The Labute approximate surface area is 256 Å². The van der Waals surface area contributed by atoms with E-state index in [2.05, 4.69) is 40.1 Å². The Kier molecular flexibility index (Phi) is 8.95. The van der Waals surface area contributed by atoms with E-state index in [0.717, 1.165) is 33.2 Å². The Balaban J connectivity index is 1.12.